The fourth-order valence-corrected chi connectivity index (χ4v) is 2.44. The molecule has 1 atom stereocenters. The van der Waals surface area contributed by atoms with Crippen LogP contribution in [0.5, 0.6) is 0 Å². The second-order valence-corrected chi connectivity index (χ2v) is 5.30. The molecule has 22 heavy (non-hydrogen) atoms. The van der Waals surface area contributed by atoms with Crippen molar-refractivity contribution < 1.29 is 18.8 Å². The Bertz CT molecular complexity index is 699. The average molecular weight is 304 g/mol. The Labute approximate surface area is 127 Å². The number of rotatable bonds is 3. The monoisotopic (exact) mass is 304 g/mol. The molecule has 0 bridgehead atoms. The fourth-order valence-electron chi connectivity index (χ4n) is 2.44. The Morgan fingerprint density at radius 2 is 2.27 bits per heavy atom. The summed E-state index contributed by atoms with van der Waals surface area (Å²) >= 11 is 0. The molecule has 2 heterocycles. The lowest BCUT2D eigenvalue weighted by Gasteiger charge is -2.22. The number of amides is 1. The van der Waals surface area contributed by atoms with E-state index in [4.69, 9.17) is 9.57 Å². The van der Waals surface area contributed by atoms with Crippen LogP contribution in [0.25, 0.3) is 10.9 Å². The highest BCUT2D eigenvalue weighted by atomic mass is 19.1. The summed E-state index contributed by atoms with van der Waals surface area (Å²) in [7, 11) is 0. The highest BCUT2D eigenvalue weighted by molar-refractivity contribution is 5.98. The predicted octanol–water partition coefficient (Wildman–Crippen LogP) is 2.87. The summed E-state index contributed by atoms with van der Waals surface area (Å²) in [6, 6.07) is 5.96. The Morgan fingerprint density at radius 1 is 1.41 bits per heavy atom. The average Bonchev–Trinajstić information content (AvgIpc) is 2.53. The molecule has 0 saturated carbocycles. The third-order valence-corrected chi connectivity index (χ3v) is 3.64. The molecule has 1 N–H and O–H groups in total. The molecule has 1 fully saturated rings. The van der Waals surface area contributed by atoms with E-state index in [9.17, 15) is 9.18 Å². The summed E-state index contributed by atoms with van der Waals surface area (Å²) in [5.74, 6) is -0.736. The van der Waals surface area contributed by atoms with Gasteiger partial charge in [0.1, 0.15) is 5.82 Å². The Kier molecular flexibility index (Phi) is 4.31. The standard InChI is InChI=1S/C16H17FN2O3/c1-10-13(8-11-5-6-12(17)9-14(11)18-10)16(20)19-22-15-4-2-3-7-21-15/h5-6,8-9,15H,2-4,7H2,1H3,(H,19,20). The van der Waals surface area contributed by atoms with Gasteiger partial charge in [-0.25, -0.2) is 14.7 Å². The van der Waals surface area contributed by atoms with E-state index < -0.39 is 6.29 Å². The van der Waals surface area contributed by atoms with Gasteiger partial charge in [0, 0.05) is 24.5 Å². The van der Waals surface area contributed by atoms with Crippen molar-refractivity contribution in [3.8, 4) is 0 Å². The molecule has 5 nitrogen and oxygen atoms in total. The van der Waals surface area contributed by atoms with E-state index in [-0.39, 0.29) is 11.7 Å². The zero-order valence-electron chi connectivity index (χ0n) is 12.3. The Hall–Kier alpha value is -2.05. The number of hydrogen-bond donors (Lipinski definition) is 1. The van der Waals surface area contributed by atoms with Crippen molar-refractivity contribution in [3.05, 3.63) is 41.3 Å². The maximum atomic E-state index is 13.2. The van der Waals surface area contributed by atoms with Crippen LogP contribution < -0.4 is 5.48 Å². The number of benzene rings is 1. The summed E-state index contributed by atoms with van der Waals surface area (Å²) < 4.78 is 18.6. The van der Waals surface area contributed by atoms with Crippen molar-refractivity contribution in [1.29, 1.82) is 0 Å². The van der Waals surface area contributed by atoms with Crippen LogP contribution in [0.15, 0.2) is 24.3 Å². The molecule has 0 aliphatic carbocycles. The van der Waals surface area contributed by atoms with E-state index in [1.54, 1.807) is 19.1 Å². The summed E-state index contributed by atoms with van der Waals surface area (Å²) in [5, 5.41) is 0.700. The molecule has 1 unspecified atom stereocenters. The number of hydrogen-bond acceptors (Lipinski definition) is 4. The number of pyridine rings is 1. The maximum absolute atomic E-state index is 13.2. The van der Waals surface area contributed by atoms with Crippen LogP contribution in [0.4, 0.5) is 4.39 Å². The zero-order valence-corrected chi connectivity index (χ0v) is 12.3. The number of carbonyl (C=O) groups excluding carboxylic acids is 1. The van der Waals surface area contributed by atoms with Gasteiger partial charge in [0.2, 0.25) is 0 Å². The highest BCUT2D eigenvalue weighted by Gasteiger charge is 2.18. The minimum atomic E-state index is -0.402. The number of fused-ring (bicyclic) bond motifs is 1. The molecule has 1 amide bonds. The van der Waals surface area contributed by atoms with E-state index in [0.29, 0.717) is 28.8 Å². The molecular weight excluding hydrogens is 287 g/mol. The summed E-state index contributed by atoms with van der Waals surface area (Å²) in [6.45, 7) is 2.35. The second kappa shape index (κ2) is 6.37. The van der Waals surface area contributed by atoms with Gasteiger partial charge >= 0.3 is 0 Å². The van der Waals surface area contributed by atoms with Gasteiger partial charge in [0.25, 0.3) is 5.91 Å². The van der Waals surface area contributed by atoms with Crippen LogP contribution in [-0.2, 0) is 9.57 Å². The minimum absolute atomic E-state index is 0.352. The van der Waals surface area contributed by atoms with Crippen molar-refractivity contribution in [2.24, 2.45) is 0 Å². The molecule has 1 aromatic heterocycles. The van der Waals surface area contributed by atoms with Crippen LogP contribution >= 0.6 is 0 Å². The van der Waals surface area contributed by atoms with E-state index in [1.165, 1.54) is 12.1 Å². The number of ether oxygens (including phenoxy) is 1. The van der Waals surface area contributed by atoms with Gasteiger partial charge < -0.3 is 4.74 Å². The number of aromatic nitrogens is 1. The van der Waals surface area contributed by atoms with Crippen LogP contribution in [-0.4, -0.2) is 23.8 Å². The van der Waals surface area contributed by atoms with Crippen LogP contribution in [0, 0.1) is 12.7 Å². The molecular formula is C16H17FN2O3. The van der Waals surface area contributed by atoms with Crippen molar-refractivity contribution in [2.45, 2.75) is 32.5 Å². The van der Waals surface area contributed by atoms with Gasteiger partial charge in [-0.05, 0) is 38.0 Å². The van der Waals surface area contributed by atoms with Crippen LogP contribution in [0.3, 0.4) is 0 Å². The Balaban J connectivity index is 1.75. The molecule has 6 heteroatoms. The summed E-state index contributed by atoms with van der Waals surface area (Å²) in [5.41, 5.74) is 3.84. The lowest BCUT2D eigenvalue weighted by molar-refractivity contribution is -0.186. The lowest BCUT2D eigenvalue weighted by Crippen LogP contribution is -2.33. The van der Waals surface area contributed by atoms with Crippen molar-refractivity contribution in [3.63, 3.8) is 0 Å². The molecule has 1 saturated heterocycles. The third-order valence-electron chi connectivity index (χ3n) is 3.64. The van der Waals surface area contributed by atoms with Gasteiger partial charge in [0.15, 0.2) is 6.29 Å². The number of halogens is 1. The smallest absolute Gasteiger partial charge is 0.276 e. The molecule has 0 spiro atoms. The van der Waals surface area contributed by atoms with Gasteiger partial charge in [0.05, 0.1) is 16.8 Å². The van der Waals surface area contributed by atoms with E-state index in [0.717, 1.165) is 19.3 Å². The van der Waals surface area contributed by atoms with Crippen molar-refractivity contribution in [2.75, 3.05) is 6.61 Å². The predicted molar refractivity (Wildman–Crippen MR) is 78.6 cm³/mol. The first kappa shape index (κ1) is 14.9. The molecule has 0 radical (unpaired) electrons. The van der Waals surface area contributed by atoms with Crippen molar-refractivity contribution in [1.82, 2.24) is 10.5 Å². The van der Waals surface area contributed by atoms with E-state index in [2.05, 4.69) is 10.5 Å². The lowest BCUT2D eigenvalue weighted by atomic mass is 10.1. The highest BCUT2D eigenvalue weighted by Crippen LogP contribution is 2.18. The van der Waals surface area contributed by atoms with E-state index in [1.807, 2.05) is 0 Å². The minimum Gasteiger partial charge on any atom is -0.350 e. The topological polar surface area (TPSA) is 60.5 Å². The molecule has 3 rings (SSSR count). The number of carbonyl (C=O) groups is 1. The first-order valence-corrected chi connectivity index (χ1v) is 7.28. The van der Waals surface area contributed by atoms with Crippen LogP contribution in [0.1, 0.15) is 35.3 Å². The van der Waals surface area contributed by atoms with Gasteiger partial charge in [-0.1, -0.05) is 0 Å². The van der Waals surface area contributed by atoms with Crippen LogP contribution in [0.2, 0.25) is 0 Å². The number of nitrogens with zero attached hydrogens (tertiary/aromatic N) is 1. The number of nitrogens with one attached hydrogen (secondary N) is 1. The molecule has 116 valence electrons. The molecule has 2 aromatic rings. The molecule has 1 aliphatic heterocycles. The molecule has 1 aliphatic rings. The molecule has 1 aromatic carbocycles. The summed E-state index contributed by atoms with van der Waals surface area (Å²) in [4.78, 5) is 21.8. The summed E-state index contributed by atoms with van der Waals surface area (Å²) in [6.07, 6.45) is 2.38. The fraction of sp³-hybridized carbons (Fsp3) is 0.375. The van der Waals surface area contributed by atoms with Gasteiger partial charge in [-0.2, -0.15) is 0 Å². The first-order chi connectivity index (χ1) is 10.6. The van der Waals surface area contributed by atoms with Gasteiger partial charge in [-0.15, -0.1) is 0 Å². The zero-order chi connectivity index (χ0) is 15.5. The Morgan fingerprint density at radius 3 is 3.05 bits per heavy atom. The largest absolute Gasteiger partial charge is 0.350 e. The van der Waals surface area contributed by atoms with E-state index >= 15 is 0 Å². The first-order valence-electron chi connectivity index (χ1n) is 7.28. The number of aryl methyl sites for hydroxylation is 1. The van der Waals surface area contributed by atoms with Crippen molar-refractivity contribution >= 4 is 16.8 Å². The van der Waals surface area contributed by atoms with Gasteiger partial charge in [-0.3, -0.25) is 9.78 Å². The normalized spacial score (nSPS) is 18.4. The quantitative estimate of drug-likeness (QED) is 0.886. The number of hydroxylamine groups is 1. The third kappa shape index (κ3) is 3.23. The second-order valence-electron chi connectivity index (χ2n) is 5.30. The maximum Gasteiger partial charge on any atom is 0.276 e. The SMILES string of the molecule is Cc1nc2cc(F)ccc2cc1C(=O)NOC1CCCCO1.